The maximum Gasteiger partial charge on any atom is 0.226 e. The van der Waals surface area contributed by atoms with E-state index in [0.717, 1.165) is 50.8 Å². The first-order chi connectivity index (χ1) is 11.6. The number of nitrogens with one attached hydrogen (secondary N) is 1. The Bertz CT molecular complexity index is 598. The molecular weight excluding hydrogens is 304 g/mol. The number of carbonyl (C=O) groups excluding carboxylic acids is 2. The summed E-state index contributed by atoms with van der Waals surface area (Å²) in [6, 6.07) is 1.79. The summed E-state index contributed by atoms with van der Waals surface area (Å²) < 4.78 is 0. The second-order valence-electron chi connectivity index (χ2n) is 6.84. The number of carbonyl (C=O) groups is 2. The lowest BCUT2D eigenvalue weighted by atomic mass is 9.88. The van der Waals surface area contributed by atoms with Gasteiger partial charge in [0.05, 0.1) is 18.3 Å². The number of hydrogen-bond donors (Lipinski definition) is 1. The molecule has 1 atom stereocenters. The van der Waals surface area contributed by atoms with Crippen LogP contribution in [-0.2, 0) is 16.1 Å². The van der Waals surface area contributed by atoms with Crippen LogP contribution in [0.1, 0.15) is 69.4 Å². The van der Waals surface area contributed by atoms with Gasteiger partial charge in [-0.2, -0.15) is 0 Å². The van der Waals surface area contributed by atoms with E-state index in [0.29, 0.717) is 12.4 Å². The molecule has 1 aromatic rings. The molecule has 130 valence electrons. The zero-order valence-corrected chi connectivity index (χ0v) is 14.3. The molecular formula is C18H26N4O2. The fraction of sp³-hybridized carbons (Fsp3) is 0.667. The number of nitrogens with zero attached hydrogens (tertiary/aromatic N) is 3. The first kappa shape index (κ1) is 16.9. The quantitative estimate of drug-likeness (QED) is 0.919. The highest BCUT2D eigenvalue weighted by molar-refractivity contribution is 5.79. The zero-order valence-electron chi connectivity index (χ0n) is 14.3. The number of hydrogen-bond acceptors (Lipinski definition) is 4. The third kappa shape index (κ3) is 3.91. The van der Waals surface area contributed by atoms with Gasteiger partial charge in [0.1, 0.15) is 0 Å². The molecule has 1 N–H and O–H groups in total. The minimum Gasteiger partial charge on any atom is -0.351 e. The molecule has 0 spiro atoms. The summed E-state index contributed by atoms with van der Waals surface area (Å²) in [7, 11) is 0. The topological polar surface area (TPSA) is 75.2 Å². The smallest absolute Gasteiger partial charge is 0.226 e. The Kier molecular flexibility index (Phi) is 5.43. The molecule has 0 aromatic carbocycles. The fourth-order valence-electron chi connectivity index (χ4n) is 3.77. The van der Waals surface area contributed by atoms with E-state index in [9.17, 15) is 9.59 Å². The van der Waals surface area contributed by atoms with E-state index in [1.165, 1.54) is 13.3 Å². The Hall–Kier alpha value is -1.98. The van der Waals surface area contributed by atoms with Crippen molar-refractivity contribution in [3.63, 3.8) is 0 Å². The first-order valence-electron chi connectivity index (χ1n) is 9.02. The lowest BCUT2D eigenvalue weighted by molar-refractivity contribution is -0.137. The maximum absolute atomic E-state index is 12.9. The largest absolute Gasteiger partial charge is 0.351 e. The third-order valence-electron chi connectivity index (χ3n) is 5.04. The van der Waals surface area contributed by atoms with Crippen molar-refractivity contribution in [3.05, 3.63) is 23.8 Å². The van der Waals surface area contributed by atoms with Gasteiger partial charge < -0.3 is 10.2 Å². The van der Waals surface area contributed by atoms with Crippen LogP contribution in [0, 0.1) is 5.92 Å². The van der Waals surface area contributed by atoms with Gasteiger partial charge in [-0.15, -0.1) is 0 Å². The number of amides is 2. The van der Waals surface area contributed by atoms with Gasteiger partial charge in [0.25, 0.3) is 0 Å². The summed E-state index contributed by atoms with van der Waals surface area (Å²) in [6.07, 6.45) is 9.26. The molecule has 1 aromatic heterocycles. The fourth-order valence-corrected chi connectivity index (χ4v) is 3.77. The van der Waals surface area contributed by atoms with Gasteiger partial charge in [-0.3, -0.25) is 9.59 Å². The molecule has 24 heavy (non-hydrogen) atoms. The lowest BCUT2D eigenvalue weighted by Gasteiger charge is -2.30. The van der Waals surface area contributed by atoms with E-state index in [1.807, 2.05) is 11.0 Å². The average molecular weight is 330 g/mol. The number of aromatic nitrogens is 2. The Morgan fingerprint density at radius 1 is 1.21 bits per heavy atom. The molecule has 0 bridgehead atoms. The summed E-state index contributed by atoms with van der Waals surface area (Å²) in [5.41, 5.74) is 0.784. The van der Waals surface area contributed by atoms with E-state index in [1.54, 1.807) is 6.20 Å². The molecule has 2 heterocycles. The van der Waals surface area contributed by atoms with Crippen LogP contribution >= 0.6 is 0 Å². The molecule has 1 aliphatic heterocycles. The standard InChI is InChI=1S/C18H26N4O2/c1-13(23)20-12-15-9-10-19-17(21-15)16-8-5-11-22(16)18(24)14-6-3-2-4-7-14/h9-10,14,16H,2-8,11-12H2,1H3,(H,20,23)/t16-/m0/s1. The summed E-state index contributed by atoms with van der Waals surface area (Å²) >= 11 is 0. The summed E-state index contributed by atoms with van der Waals surface area (Å²) in [5, 5.41) is 2.76. The molecule has 2 aliphatic rings. The third-order valence-corrected chi connectivity index (χ3v) is 5.04. The average Bonchev–Trinajstić information content (AvgIpc) is 3.10. The van der Waals surface area contributed by atoms with Crippen LogP contribution < -0.4 is 5.32 Å². The molecule has 2 amide bonds. The van der Waals surface area contributed by atoms with E-state index in [-0.39, 0.29) is 23.8 Å². The van der Waals surface area contributed by atoms with E-state index < -0.39 is 0 Å². The molecule has 0 unspecified atom stereocenters. The number of likely N-dealkylation sites (tertiary alicyclic amines) is 1. The highest BCUT2D eigenvalue weighted by atomic mass is 16.2. The van der Waals surface area contributed by atoms with Crippen LogP contribution in [0.15, 0.2) is 12.3 Å². The summed E-state index contributed by atoms with van der Waals surface area (Å²) in [6.45, 7) is 2.69. The van der Waals surface area contributed by atoms with Crippen LogP contribution in [0.5, 0.6) is 0 Å². The predicted octanol–water partition coefficient (Wildman–Crippen LogP) is 2.36. The van der Waals surface area contributed by atoms with Crippen molar-refractivity contribution in [1.29, 1.82) is 0 Å². The molecule has 2 fully saturated rings. The minimum absolute atomic E-state index is 0.0169. The second-order valence-corrected chi connectivity index (χ2v) is 6.84. The van der Waals surface area contributed by atoms with Crippen LogP contribution in [0.4, 0.5) is 0 Å². The maximum atomic E-state index is 12.9. The number of rotatable bonds is 4. The normalized spacial score (nSPS) is 21.7. The van der Waals surface area contributed by atoms with Gasteiger partial charge in [0.15, 0.2) is 5.82 Å². The highest BCUT2D eigenvalue weighted by Crippen LogP contribution is 2.34. The van der Waals surface area contributed by atoms with Crippen LogP contribution in [0.2, 0.25) is 0 Å². The Balaban J connectivity index is 1.71. The molecule has 1 saturated heterocycles. The zero-order chi connectivity index (χ0) is 16.9. The van der Waals surface area contributed by atoms with E-state index in [4.69, 9.17) is 0 Å². The highest BCUT2D eigenvalue weighted by Gasteiger charge is 2.35. The predicted molar refractivity (Wildman–Crippen MR) is 89.8 cm³/mol. The van der Waals surface area contributed by atoms with Gasteiger partial charge >= 0.3 is 0 Å². The van der Waals surface area contributed by atoms with Gasteiger partial charge in [-0.1, -0.05) is 19.3 Å². The van der Waals surface area contributed by atoms with Gasteiger partial charge in [-0.05, 0) is 31.7 Å². The van der Waals surface area contributed by atoms with Crippen molar-refractivity contribution in [2.75, 3.05) is 6.54 Å². The van der Waals surface area contributed by atoms with Crippen molar-refractivity contribution in [3.8, 4) is 0 Å². The van der Waals surface area contributed by atoms with Gasteiger partial charge in [0.2, 0.25) is 11.8 Å². The van der Waals surface area contributed by atoms with Crippen molar-refractivity contribution >= 4 is 11.8 Å². The van der Waals surface area contributed by atoms with Crippen LogP contribution in [-0.4, -0.2) is 33.2 Å². The summed E-state index contributed by atoms with van der Waals surface area (Å²) in [4.78, 5) is 35.0. The van der Waals surface area contributed by atoms with E-state index in [2.05, 4.69) is 15.3 Å². The van der Waals surface area contributed by atoms with Gasteiger partial charge in [-0.25, -0.2) is 9.97 Å². The molecule has 3 rings (SSSR count). The second kappa shape index (κ2) is 7.73. The Morgan fingerprint density at radius 2 is 2.00 bits per heavy atom. The first-order valence-corrected chi connectivity index (χ1v) is 9.02. The Labute approximate surface area is 143 Å². The molecule has 0 radical (unpaired) electrons. The van der Waals surface area contributed by atoms with Gasteiger partial charge in [0, 0.05) is 25.6 Å². The molecule has 6 nitrogen and oxygen atoms in total. The van der Waals surface area contributed by atoms with Crippen molar-refractivity contribution in [1.82, 2.24) is 20.2 Å². The van der Waals surface area contributed by atoms with Crippen molar-refractivity contribution in [2.24, 2.45) is 5.92 Å². The SMILES string of the molecule is CC(=O)NCc1ccnc([C@@H]2CCCN2C(=O)C2CCCCC2)n1. The van der Waals surface area contributed by atoms with Crippen molar-refractivity contribution in [2.45, 2.75) is 64.5 Å². The summed E-state index contributed by atoms with van der Waals surface area (Å²) in [5.74, 6) is 1.10. The van der Waals surface area contributed by atoms with Crippen LogP contribution in [0.3, 0.4) is 0 Å². The minimum atomic E-state index is -0.0786. The Morgan fingerprint density at radius 3 is 2.75 bits per heavy atom. The molecule has 1 aliphatic carbocycles. The van der Waals surface area contributed by atoms with E-state index >= 15 is 0 Å². The monoisotopic (exact) mass is 330 g/mol. The molecule has 1 saturated carbocycles. The van der Waals surface area contributed by atoms with Crippen LogP contribution in [0.25, 0.3) is 0 Å². The van der Waals surface area contributed by atoms with Crippen molar-refractivity contribution < 1.29 is 9.59 Å². The molecule has 6 heteroatoms. The lowest BCUT2D eigenvalue weighted by Crippen LogP contribution is -2.37.